The third-order valence-corrected chi connectivity index (χ3v) is 3.75. The fourth-order valence-electron chi connectivity index (χ4n) is 1.90. The van der Waals surface area contributed by atoms with E-state index in [1.54, 1.807) is 6.26 Å². The number of likely N-dealkylation sites (N-methyl/N-ethyl adjacent to an activating group) is 1. The minimum Gasteiger partial charge on any atom is -0.339 e. The average Bonchev–Trinajstić information content (AvgIpc) is 2.56. The van der Waals surface area contributed by atoms with E-state index in [0.717, 1.165) is 19.4 Å². The molecule has 15 heavy (non-hydrogen) atoms. The molecule has 1 rings (SSSR count). The molecule has 0 aromatic rings. The molecule has 0 radical (unpaired) electrons. The lowest BCUT2D eigenvalue weighted by Gasteiger charge is -2.24. The molecular formula is C10H20N2O2S. The van der Waals surface area contributed by atoms with Crippen LogP contribution in [-0.2, 0) is 15.6 Å². The van der Waals surface area contributed by atoms with Crippen LogP contribution in [-0.4, -0.2) is 52.7 Å². The summed E-state index contributed by atoms with van der Waals surface area (Å²) in [5, 5.41) is 3.01. The van der Waals surface area contributed by atoms with Crippen molar-refractivity contribution in [2.24, 2.45) is 0 Å². The predicted molar refractivity (Wildman–Crippen MR) is 62.2 cm³/mol. The summed E-state index contributed by atoms with van der Waals surface area (Å²) in [7, 11) is 1.06. The Morgan fingerprint density at radius 3 is 2.80 bits per heavy atom. The zero-order chi connectivity index (χ0) is 11.4. The SMILES string of the molecule is CNC1CCN(C(C)CCS(C)=O)C1=O. The molecule has 1 aliphatic heterocycles. The number of nitrogens with one attached hydrogen (secondary N) is 1. The van der Waals surface area contributed by atoms with Crippen molar-refractivity contribution in [1.29, 1.82) is 0 Å². The highest BCUT2D eigenvalue weighted by Crippen LogP contribution is 2.16. The number of likely N-dealkylation sites (tertiary alicyclic amines) is 1. The van der Waals surface area contributed by atoms with Gasteiger partial charge in [-0.3, -0.25) is 9.00 Å². The molecule has 3 atom stereocenters. The van der Waals surface area contributed by atoms with Crippen molar-refractivity contribution in [1.82, 2.24) is 10.2 Å². The molecule has 5 heteroatoms. The second-order valence-corrected chi connectivity index (χ2v) is 5.63. The van der Waals surface area contributed by atoms with E-state index in [9.17, 15) is 9.00 Å². The van der Waals surface area contributed by atoms with Gasteiger partial charge in [0.2, 0.25) is 5.91 Å². The summed E-state index contributed by atoms with van der Waals surface area (Å²) in [6.45, 7) is 2.85. The molecule has 1 amide bonds. The molecule has 0 aliphatic carbocycles. The summed E-state index contributed by atoms with van der Waals surface area (Å²) in [4.78, 5) is 13.7. The van der Waals surface area contributed by atoms with E-state index in [1.165, 1.54) is 0 Å². The maximum Gasteiger partial charge on any atom is 0.240 e. The van der Waals surface area contributed by atoms with Crippen LogP contribution in [0.3, 0.4) is 0 Å². The van der Waals surface area contributed by atoms with Crippen LogP contribution in [0.4, 0.5) is 0 Å². The topological polar surface area (TPSA) is 49.4 Å². The summed E-state index contributed by atoms with van der Waals surface area (Å²) < 4.78 is 11.0. The molecule has 0 aromatic carbocycles. The summed E-state index contributed by atoms with van der Waals surface area (Å²) in [6, 6.07) is 0.194. The first kappa shape index (κ1) is 12.6. The molecule has 1 heterocycles. The molecule has 4 nitrogen and oxygen atoms in total. The van der Waals surface area contributed by atoms with Gasteiger partial charge >= 0.3 is 0 Å². The molecule has 88 valence electrons. The van der Waals surface area contributed by atoms with Crippen LogP contribution in [0, 0.1) is 0 Å². The van der Waals surface area contributed by atoms with Gasteiger partial charge in [0, 0.05) is 35.4 Å². The van der Waals surface area contributed by atoms with Gasteiger partial charge in [-0.25, -0.2) is 0 Å². The number of rotatable bonds is 5. The van der Waals surface area contributed by atoms with E-state index in [2.05, 4.69) is 5.32 Å². The van der Waals surface area contributed by atoms with Gasteiger partial charge in [-0.2, -0.15) is 0 Å². The monoisotopic (exact) mass is 232 g/mol. The van der Waals surface area contributed by atoms with Crippen molar-refractivity contribution < 1.29 is 9.00 Å². The number of hydrogen-bond donors (Lipinski definition) is 1. The van der Waals surface area contributed by atoms with E-state index >= 15 is 0 Å². The van der Waals surface area contributed by atoms with Gasteiger partial charge < -0.3 is 10.2 Å². The van der Waals surface area contributed by atoms with Crippen molar-refractivity contribution >= 4 is 16.7 Å². The number of hydrogen-bond acceptors (Lipinski definition) is 3. The largest absolute Gasteiger partial charge is 0.339 e. The Balaban J connectivity index is 2.44. The lowest BCUT2D eigenvalue weighted by molar-refractivity contribution is -0.131. The Hall–Kier alpha value is -0.420. The first-order chi connectivity index (χ1) is 7.06. The van der Waals surface area contributed by atoms with Crippen LogP contribution in [0.5, 0.6) is 0 Å². The quantitative estimate of drug-likeness (QED) is 0.724. The number of carbonyl (C=O) groups excluding carboxylic acids is 1. The fraction of sp³-hybridized carbons (Fsp3) is 0.900. The molecule has 1 N–H and O–H groups in total. The summed E-state index contributed by atoms with van der Waals surface area (Å²) in [6.07, 6.45) is 3.41. The minimum absolute atomic E-state index is 0.0143. The third kappa shape index (κ3) is 3.28. The average molecular weight is 232 g/mol. The van der Waals surface area contributed by atoms with Crippen LogP contribution >= 0.6 is 0 Å². The second-order valence-electron chi connectivity index (χ2n) is 4.08. The van der Waals surface area contributed by atoms with E-state index < -0.39 is 10.8 Å². The Kier molecular flexibility index (Phi) is 4.73. The van der Waals surface area contributed by atoms with Crippen molar-refractivity contribution in [3.05, 3.63) is 0 Å². The summed E-state index contributed by atoms with van der Waals surface area (Å²) in [5.41, 5.74) is 0. The zero-order valence-electron chi connectivity index (χ0n) is 9.66. The molecule has 3 unspecified atom stereocenters. The molecule has 1 aliphatic rings. The second kappa shape index (κ2) is 5.61. The smallest absolute Gasteiger partial charge is 0.240 e. The minimum atomic E-state index is -0.762. The van der Waals surface area contributed by atoms with Crippen LogP contribution in [0.15, 0.2) is 0 Å². The number of carbonyl (C=O) groups is 1. The standard InChI is InChI=1S/C10H20N2O2S/c1-8(5-7-15(3)14)12-6-4-9(11-2)10(12)13/h8-9,11H,4-7H2,1-3H3. The molecule has 0 bridgehead atoms. The first-order valence-electron chi connectivity index (χ1n) is 5.34. The maximum atomic E-state index is 11.8. The van der Waals surface area contributed by atoms with Gasteiger partial charge in [-0.1, -0.05) is 0 Å². The fourth-order valence-corrected chi connectivity index (χ4v) is 2.57. The number of amides is 1. The molecular weight excluding hydrogens is 212 g/mol. The Morgan fingerprint density at radius 1 is 1.67 bits per heavy atom. The molecule has 0 spiro atoms. The van der Waals surface area contributed by atoms with Gasteiger partial charge in [0.25, 0.3) is 0 Å². The van der Waals surface area contributed by atoms with Crippen molar-refractivity contribution in [3.63, 3.8) is 0 Å². The van der Waals surface area contributed by atoms with Gasteiger partial charge in [-0.15, -0.1) is 0 Å². The molecule has 1 saturated heterocycles. The van der Waals surface area contributed by atoms with Crippen LogP contribution in [0.25, 0.3) is 0 Å². The molecule has 0 saturated carbocycles. The predicted octanol–water partition coefficient (Wildman–Crippen LogP) is -0.0362. The van der Waals surface area contributed by atoms with E-state index in [1.807, 2.05) is 18.9 Å². The highest BCUT2D eigenvalue weighted by atomic mass is 32.2. The lowest BCUT2D eigenvalue weighted by atomic mass is 10.2. The van der Waals surface area contributed by atoms with E-state index in [4.69, 9.17) is 0 Å². The van der Waals surface area contributed by atoms with Crippen LogP contribution < -0.4 is 5.32 Å². The third-order valence-electron chi connectivity index (χ3n) is 2.94. The Labute approximate surface area is 93.9 Å². The Morgan fingerprint density at radius 2 is 2.33 bits per heavy atom. The lowest BCUT2D eigenvalue weighted by Crippen LogP contribution is -2.41. The van der Waals surface area contributed by atoms with Crippen molar-refractivity contribution in [2.75, 3.05) is 25.6 Å². The van der Waals surface area contributed by atoms with Crippen LogP contribution in [0.2, 0.25) is 0 Å². The van der Waals surface area contributed by atoms with Crippen LogP contribution in [0.1, 0.15) is 19.8 Å². The first-order valence-corrected chi connectivity index (χ1v) is 7.06. The Bertz CT molecular complexity index is 258. The normalized spacial score (nSPS) is 25.7. The van der Waals surface area contributed by atoms with Crippen molar-refractivity contribution in [3.8, 4) is 0 Å². The van der Waals surface area contributed by atoms with Gasteiger partial charge in [0.05, 0.1) is 6.04 Å². The summed E-state index contributed by atoms with van der Waals surface area (Å²) in [5.74, 6) is 0.863. The molecule has 0 aromatic heterocycles. The maximum absolute atomic E-state index is 11.8. The van der Waals surface area contributed by atoms with Gasteiger partial charge in [0.15, 0.2) is 0 Å². The van der Waals surface area contributed by atoms with Gasteiger partial charge in [-0.05, 0) is 26.8 Å². The highest BCUT2D eigenvalue weighted by molar-refractivity contribution is 7.84. The highest BCUT2D eigenvalue weighted by Gasteiger charge is 2.32. The number of nitrogens with zero attached hydrogens (tertiary/aromatic N) is 1. The van der Waals surface area contributed by atoms with Crippen molar-refractivity contribution in [2.45, 2.75) is 31.8 Å². The van der Waals surface area contributed by atoms with Gasteiger partial charge in [0.1, 0.15) is 0 Å². The molecule has 1 fully saturated rings. The summed E-state index contributed by atoms with van der Waals surface area (Å²) >= 11 is 0. The van der Waals surface area contributed by atoms with E-state index in [-0.39, 0.29) is 18.0 Å². The zero-order valence-corrected chi connectivity index (χ0v) is 10.5. The van der Waals surface area contributed by atoms with E-state index in [0.29, 0.717) is 5.75 Å².